The monoisotopic (exact) mass is 394 g/mol. The van der Waals surface area contributed by atoms with Crippen LogP contribution in [-0.4, -0.2) is 34.1 Å². The lowest BCUT2D eigenvalue weighted by Crippen LogP contribution is -2.20. The van der Waals surface area contributed by atoms with Gasteiger partial charge in [0.2, 0.25) is 0 Å². The molecular weight excluding hydrogens is 372 g/mol. The number of hydrogen-bond donors (Lipinski definition) is 1. The maximum absolute atomic E-state index is 12.9. The molecule has 1 heterocycles. The molecule has 1 N–H and O–H groups in total. The van der Waals surface area contributed by atoms with Gasteiger partial charge in [-0.05, 0) is 50.1 Å². The van der Waals surface area contributed by atoms with E-state index in [2.05, 4.69) is 10.1 Å². The Morgan fingerprint density at radius 3 is 2.41 bits per heavy atom. The van der Waals surface area contributed by atoms with Gasteiger partial charge in [0.25, 0.3) is 11.2 Å². The summed E-state index contributed by atoms with van der Waals surface area (Å²) >= 11 is 0. The van der Waals surface area contributed by atoms with Gasteiger partial charge in [0, 0.05) is 30.1 Å². The number of nitrogens with zero attached hydrogens (tertiary/aromatic N) is 3. The third-order valence-corrected chi connectivity index (χ3v) is 4.66. The van der Waals surface area contributed by atoms with Gasteiger partial charge in [0.05, 0.1) is 23.3 Å². The number of nitro benzene ring substituents is 1. The minimum Gasteiger partial charge on any atom is -0.497 e. The molecule has 0 saturated heterocycles. The van der Waals surface area contributed by atoms with E-state index < -0.39 is 4.92 Å². The molecule has 0 spiro atoms. The van der Waals surface area contributed by atoms with E-state index in [0.717, 1.165) is 17.7 Å². The van der Waals surface area contributed by atoms with Gasteiger partial charge in [-0.2, -0.15) is 0 Å². The molecule has 1 aromatic heterocycles. The summed E-state index contributed by atoms with van der Waals surface area (Å²) in [5.41, 5.74) is 3.26. The molecule has 8 nitrogen and oxygen atoms in total. The lowest BCUT2D eigenvalue weighted by Gasteiger charge is -2.03. The van der Waals surface area contributed by atoms with Gasteiger partial charge in [-0.3, -0.25) is 25.0 Å². The van der Waals surface area contributed by atoms with E-state index in [4.69, 9.17) is 4.74 Å². The zero-order valence-electron chi connectivity index (χ0n) is 16.5. The smallest absolute Gasteiger partial charge is 0.280 e. The van der Waals surface area contributed by atoms with Crippen LogP contribution in [0.5, 0.6) is 5.75 Å². The van der Waals surface area contributed by atoms with Crippen LogP contribution < -0.4 is 10.3 Å². The van der Waals surface area contributed by atoms with Crippen LogP contribution in [0.3, 0.4) is 0 Å². The Morgan fingerprint density at radius 1 is 1.17 bits per heavy atom. The number of aliphatic imine (C=N–C) groups is 1. The molecule has 0 unspecified atom stereocenters. The fourth-order valence-electron chi connectivity index (χ4n) is 3.10. The number of H-pyrrole nitrogens is 1. The maximum Gasteiger partial charge on any atom is 0.280 e. The predicted octanol–water partition coefficient (Wildman–Crippen LogP) is 3.44. The van der Waals surface area contributed by atoms with E-state index in [1.165, 1.54) is 28.9 Å². The largest absolute Gasteiger partial charge is 0.497 e. The molecule has 0 radical (unpaired) electrons. The Morgan fingerprint density at radius 2 is 1.83 bits per heavy atom. The minimum atomic E-state index is -0.475. The molecule has 3 rings (SSSR count). The molecule has 0 amide bonds. The molecule has 0 fully saturated rings. The quantitative estimate of drug-likeness (QED) is 0.377. The van der Waals surface area contributed by atoms with E-state index in [1.54, 1.807) is 14.0 Å². The van der Waals surface area contributed by atoms with Gasteiger partial charge in [0.15, 0.2) is 0 Å². The third-order valence-electron chi connectivity index (χ3n) is 4.66. The highest BCUT2D eigenvalue weighted by molar-refractivity contribution is 5.99. The number of non-ortho nitro benzene ring substituents is 1. The first-order chi connectivity index (χ1) is 13.9. The second-order valence-corrected chi connectivity index (χ2v) is 6.59. The molecule has 0 saturated carbocycles. The Hall–Kier alpha value is -3.68. The summed E-state index contributed by atoms with van der Waals surface area (Å²) in [5.74, 6) is 0.808. The summed E-state index contributed by atoms with van der Waals surface area (Å²) in [7, 11) is 1.63. The molecule has 3 aromatic rings. The lowest BCUT2D eigenvalue weighted by molar-refractivity contribution is -0.384. The Kier molecular flexibility index (Phi) is 5.92. The second kappa shape index (κ2) is 8.55. The highest BCUT2D eigenvalue weighted by Crippen LogP contribution is 2.15. The average molecular weight is 394 g/mol. The van der Waals surface area contributed by atoms with Crippen LogP contribution in [0.15, 0.2) is 58.3 Å². The minimum absolute atomic E-state index is 0.0263. The number of nitro groups is 1. The van der Waals surface area contributed by atoms with Crippen molar-refractivity contribution in [2.75, 3.05) is 13.7 Å². The van der Waals surface area contributed by atoms with Crippen molar-refractivity contribution in [1.29, 1.82) is 0 Å². The molecule has 29 heavy (non-hydrogen) atoms. The van der Waals surface area contributed by atoms with Crippen LogP contribution in [0.2, 0.25) is 0 Å². The fourth-order valence-corrected chi connectivity index (χ4v) is 3.10. The van der Waals surface area contributed by atoms with Gasteiger partial charge >= 0.3 is 0 Å². The Bertz CT molecular complexity index is 1090. The van der Waals surface area contributed by atoms with E-state index in [-0.39, 0.29) is 11.2 Å². The standard InChI is InChI=1S/C21H22N4O4/c1-14(22-13-12-16-4-10-19(29-3)11-5-16)20-15(2)23-24(21(20)26)17-6-8-18(9-7-17)25(27)28/h4-11,23H,12-13H2,1-3H3. The van der Waals surface area contributed by atoms with Gasteiger partial charge in [-0.25, -0.2) is 4.68 Å². The summed E-state index contributed by atoms with van der Waals surface area (Å²) in [5, 5.41) is 13.8. The molecule has 150 valence electrons. The van der Waals surface area contributed by atoms with Crippen LogP contribution in [-0.2, 0) is 6.42 Å². The van der Waals surface area contributed by atoms with E-state index >= 15 is 0 Å². The van der Waals surface area contributed by atoms with Gasteiger partial charge in [-0.1, -0.05) is 12.1 Å². The fraction of sp³-hybridized carbons (Fsp3) is 0.238. The number of ether oxygens (including phenoxy) is 1. The summed E-state index contributed by atoms with van der Waals surface area (Å²) in [4.78, 5) is 27.7. The Labute approximate surface area is 167 Å². The Balaban J connectivity index is 1.78. The van der Waals surface area contributed by atoms with Crippen LogP contribution >= 0.6 is 0 Å². The summed E-state index contributed by atoms with van der Waals surface area (Å²) in [6.07, 6.45) is 0.751. The first-order valence-corrected chi connectivity index (χ1v) is 9.11. The van der Waals surface area contributed by atoms with Crippen molar-refractivity contribution in [3.8, 4) is 11.4 Å². The topological polar surface area (TPSA) is 103 Å². The molecular formula is C21H22N4O4. The molecule has 0 atom stereocenters. The number of nitrogens with one attached hydrogen (secondary N) is 1. The van der Waals surface area contributed by atoms with Gasteiger partial charge in [-0.15, -0.1) is 0 Å². The van der Waals surface area contributed by atoms with Gasteiger partial charge < -0.3 is 4.74 Å². The number of benzene rings is 2. The van der Waals surface area contributed by atoms with Crippen LogP contribution in [0, 0.1) is 17.0 Å². The first kappa shape index (κ1) is 20.1. The molecule has 0 aliphatic heterocycles. The number of aryl methyl sites for hydroxylation is 1. The van der Waals surface area contributed by atoms with Gasteiger partial charge in [0.1, 0.15) is 5.75 Å². The van der Waals surface area contributed by atoms with Crippen molar-refractivity contribution in [1.82, 2.24) is 9.78 Å². The average Bonchev–Trinajstić information content (AvgIpc) is 3.02. The summed E-state index contributed by atoms with van der Waals surface area (Å²) < 4.78 is 6.52. The van der Waals surface area contributed by atoms with Crippen molar-refractivity contribution in [3.63, 3.8) is 0 Å². The molecule has 0 bridgehead atoms. The third kappa shape index (κ3) is 4.43. The number of methoxy groups -OCH3 is 1. The van der Waals surface area contributed by atoms with E-state index in [0.29, 0.717) is 29.2 Å². The number of hydrogen-bond acceptors (Lipinski definition) is 5. The second-order valence-electron chi connectivity index (χ2n) is 6.59. The van der Waals surface area contributed by atoms with Crippen molar-refractivity contribution in [3.05, 3.63) is 85.8 Å². The lowest BCUT2D eigenvalue weighted by atomic mass is 10.1. The summed E-state index contributed by atoms with van der Waals surface area (Å²) in [6, 6.07) is 13.6. The summed E-state index contributed by atoms with van der Waals surface area (Å²) in [6.45, 7) is 4.17. The number of rotatable bonds is 7. The molecule has 2 aromatic carbocycles. The van der Waals surface area contributed by atoms with Crippen molar-refractivity contribution < 1.29 is 9.66 Å². The normalized spacial score (nSPS) is 11.5. The van der Waals surface area contributed by atoms with E-state index in [9.17, 15) is 14.9 Å². The SMILES string of the molecule is COc1ccc(CCN=C(C)c2c(C)[nH]n(-c3ccc([N+](=O)[O-])cc3)c2=O)cc1. The predicted molar refractivity (Wildman–Crippen MR) is 112 cm³/mol. The maximum atomic E-state index is 12.9. The zero-order chi connectivity index (χ0) is 21.0. The zero-order valence-corrected chi connectivity index (χ0v) is 16.5. The molecule has 0 aliphatic carbocycles. The highest BCUT2D eigenvalue weighted by atomic mass is 16.6. The van der Waals surface area contributed by atoms with Crippen LogP contribution in [0.25, 0.3) is 5.69 Å². The first-order valence-electron chi connectivity index (χ1n) is 9.11. The van der Waals surface area contributed by atoms with Crippen molar-refractivity contribution in [2.24, 2.45) is 4.99 Å². The van der Waals surface area contributed by atoms with Crippen molar-refractivity contribution >= 4 is 11.4 Å². The highest BCUT2D eigenvalue weighted by Gasteiger charge is 2.15. The van der Waals surface area contributed by atoms with Crippen LogP contribution in [0.1, 0.15) is 23.7 Å². The number of aromatic nitrogens is 2. The molecule has 0 aliphatic rings. The number of aromatic amines is 1. The molecule has 8 heteroatoms. The van der Waals surface area contributed by atoms with E-state index in [1.807, 2.05) is 31.2 Å². The van der Waals surface area contributed by atoms with Crippen LogP contribution in [0.4, 0.5) is 5.69 Å². The van der Waals surface area contributed by atoms with Crippen molar-refractivity contribution in [2.45, 2.75) is 20.3 Å².